The van der Waals surface area contributed by atoms with Crippen LogP contribution in [0.15, 0.2) is 24.3 Å². The Kier molecular flexibility index (Phi) is 5.17. The molecule has 0 spiro atoms. The van der Waals surface area contributed by atoms with Crippen LogP contribution in [0.2, 0.25) is 0 Å². The molecule has 1 atom stereocenters. The molecule has 19 heavy (non-hydrogen) atoms. The first kappa shape index (κ1) is 15.8. The zero-order valence-electron chi connectivity index (χ0n) is 10.8. The van der Waals surface area contributed by atoms with Gasteiger partial charge in [-0.15, -0.1) is 12.4 Å². The van der Waals surface area contributed by atoms with Gasteiger partial charge in [0, 0.05) is 6.54 Å². The lowest BCUT2D eigenvalue weighted by Gasteiger charge is -2.15. The lowest BCUT2D eigenvalue weighted by atomic mass is 10.1. The second-order valence-corrected chi connectivity index (χ2v) is 4.66. The van der Waals surface area contributed by atoms with Crippen LogP contribution >= 0.6 is 12.4 Å². The van der Waals surface area contributed by atoms with Crippen molar-refractivity contribution in [1.29, 1.82) is 0 Å². The van der Waals surface area contributed by atoms with Crippen LogP contribution in [-0.4, -0.2) is 30.2 Å². The summed E-state index contributed by atoms with van der Waals surface area (Å²) in [7, 11) is 1.57. The first-order chi connectivity index (χ1) is 8.55. The molecule has 1 aromatic rings. The fourth-order valence-corrected chi connectivity index (χ4v) is 1.69. The minimum Gasteiger partial charge on any atom is -0.497 e. The quantitative estimate of drug-likeness (QED) is 0.746. The smallest absolute Gasteiger partial charge is 0.240 e. The van der Waals surface area contributed by atoms with Gasteiger partial charge in [-0.2, -0.15) is 0 Å². The Labute approximate surface area is 118 Å². The van der Waals surface area contributed by atoms with E-state index in [-0.39, 0.29) is 24.9 Å². The molecule has 0 bridgehead atoms. The highest BCUT2D eigenvalue weighted by Crippen LogP contribution is 2.32. The fraction of sp³-hybridized carbons (Fsp3) is 0.462. The van der Waals surface area contributed by atoms with E-state index >= 15 is 0 Å². The summed E-state index contributed by atoms with van der Waals surface area (Å²) in [6, 6.07) is 7.12. The highest BCUT2D eigenvalue weighted by atomic mass is 35.5. The lowest BCUT2D eigenvalue weighted by molar-refractivity contribution is -0.123. The van der Waals surface area contributed by atoms with Gasteiger partial charge in [0.2, 0.25) is 5.91 Å². The van der Waals surface area contributed by atoms with Gasteiger partial charge in [0.05, 0.1) is 18.8 Å². The minimum atomic E-state index is -0.758. The van der Waals surface area contributed by atoms with E-state index in [0.717, 1.165) is 0 Å². The normalized spacial score (nSPS) is 17.0. The van der Waals surface area contributed by atoms with Crippen LogP contribution in [0.5, 0.6) is 5.75 Å². The van der Waals surface area contributed by atoms with E-state index in [4.69, 9.17) is 10.5 Å². The van der Waals surface area contributed by atoms with Gasteiger partial charge < -0.3 is 20.9 Å². The molecule has 2 rings (SSSR count). The van der Waals surface area contributed by atoms with Gasteiger partial charge in [0.1, 0.15) is 5.75 Å². The summed E-state index contributed by atoms with van der Waals surface area (Å²) in [5.41, 5.74) is 5.75. The van der Waals surface area contributed by atoms with E-state index in [1.54, 1.807) is 31.4 Å². The van der Waals surface area contributed by atoms with Crippen LogP contribution in [-0.2, 0) is 4.79 Å². The summed E-state index contributed by atoms with van der Waals surface area (Å²) in [5, 5.41) is 12.6. The molecule has 6 heteroatoms. The molecule has 0 heterocycles. The maximum atomic E-state index is 11.6. The Morgan fingerprint density at radius 1 is 1.58 bits per heavy atom. The molecule has 1 amide bonds. The molecule has 1 saturated carbocycles. The second-order valence-electron chi connectivity index (χ2n) is 4.66. The molecule has 0 saturated heterocycles. The number of halogens is 1. The molecule has 1 aliphatic rings. The first-order valence-corrected chi connectivity index (χ1v) is 5.94. The number of nitrogens with one attached hydrogen (secondary N) is 1. The molecule has 1 unspecified atom stereocenters. The van der Waals surface area contributed by atoms with Crippen molar-refractivity contribution in [2.24, 2.45) is 5.73 Å². The second kappa shape index (κ2) is 6.23. The number of rotatable bonds is 5. The fourth-order valence-electron chi connectivity index (χ4n) is 1.69. The van der Waals surface area contributed by atoms with Crippen LogP contribution in [0.25, 0.3) is 0 Å². The third kappa shape index (κ3) is 3.83. The predicted molar refractivity (Wildman–Crippen MR) is 74.4 cm³/mol. The average molecular weight is 287 g/mol. The molecule has 0 radical (unpaired) electrons. The van der Waals surface area contributed by atoms with Crippen LogP contribution < -0.4 is 15.8 Å². The Hall–Kier alpha value is -1.30. The van der Waals surface area contributed by atoms with Crippen molar-refractivity contribution in [2.75, 3.05) is 13.7 Å². The van der Waals surface area contributed by atoms with E-state index in [0.29, 0.717) is 24.2 Å². The number of hydrogen-bond acceptors (Lipinski definition) is 4. The number of amides is 1. The molecule has 5 nitrogen and oxygen atoms in total. The number of carbonyl (C=O) groups is 1. The van der Waals surface area contributed by atoms with Crippen LogP contribution in [0.4, 0.5) is 0 Å². The van der Waals surface area contributed by atoms with E-state index in [2.05, 4.69) is 5.32 Å². The SMILES string of the molecule is COc1cccc(C(O)CNC(=O)C2(N)CC2)c1.Cl. The number of aliphatic hydroxyl groups is 1. The number of aliphatic hydroxyl groups excluding tert-OH is 1. The zero-order chi connectivity index (χ0) is 13.2. The molecule has 1 aliphatic carbocycles. The van der Waals surface area contributed by atoms with Gasteiger partial charge in [-0.1, -0.05) is 12.1 Å². The van der Waals surface area contributed by atoms with Gasteiger partial charge in [0.15, 0.2) is 0 Å². The first-order valence-electron chi connectivity index (χ1n) is 5.94. The van der Waals surface area contributed by atoms with E-state index in [1.165, 1.54) is 0 Å². The molecular formula is C13H19ClN2O3. The van der Waals surface area contributed by atoms with E-state index < -0.39 is 11.6 Å². The van der Waals surface area contributed by atoms with Crippen molar-refractivity contribution in [1.82, 2.24) is 5.32 Å². The lowest BCUT2D eigenvalue weighted by Crippen LogP contribution is -2.44. The third-order valence-electron chi connectivity index (χ3n) is 3.18. The summed E-state index contributed by atoms with van der Waals surface area (Å²) in [5.74, 6) is 0.486. The average Bonchev–Trinajstić information content (AvgIpc) is 3.15. The van der Waals surface area contributed by atoms with Gasteiger partial charge in [0.25, 0.3) is 0 Å². The Bertz CT molecular complexity index is 449. The van der Waals surface area contributed by atoms with Crippen molar-refractivity contribution in [3.8, 4) is 5.75 Å². The molecule has 0 aromatic heterocycles. The van der Waals surface area contributed by atoms with Crippen molar-refractivity contribution >= 4 is 18.3 Å². The Morgan fingerprint density at radius 2 is 2.26 bits per heavy atom. The molecule has 1 fully saturated rings. The number of ether oxygens (including phenoxy) is 1. The number of hydrogen-bond donors (Lipinski definition) is 3. The summed E-state index contributed by atoms with van der Waals surface area (Å²) >= 11 is 0. The van der Waals surface area contributed by atoms with Crippen molar-refractivity contribution < 1.29 is 14.6 Å². The van der Waals surface area contributed by atoms with Gasteiger partial charge in [-0.3, -0.25) is 4.79 Å². The standard InChI is InChI=1S/C13H18N2O3.ClH/c1-18-10-4-2-3-9(7-10)11(16)8-15-12(17)13(14)5-6-13;/h2-4,7,11,16H,5-6,8,14H2,1H3,(H,15,17);1H. The summed E-state index contributed by atoms with van der Waals surface area (Å²) in [6.07, 6.45) is 0.675. The maximum Gasteiger partial charge on any atom is 0.240 e. The molecule has 0 aliphatic heterocycles. The highest BCUT2D eigenvalue weighted by molar-refractivity contribution is 5.88. The molecular weight excluding hydrogens is 268 g/mol. The number of benzene rings is 1. The van der Waals surface area contributed by atoms with Crippen LogP contribution in [0, 0.1) is 0 Å². The summed E-state index contributed by atoms with van der Waals surface area (Å²) < 4.78 is 5.08. The topological polar surface area (TPSA) is 84.6 Å². The van der Waals surface area contributed by atoms with Crippen molar-refractivity contribution in [2.45, 2.75) is 24.5 Å². The molecule has 1 aromatic carbocycles. The van der Waals surface area contributed by atoms with Gasteiger partial charge in [-0.25, -0.2) is 0 Å². The van der Waals surface area contributed by atoms with E-state index in [9.17, 15) is 9.90 Å². The van der Waals surface area contributed by atoms with E-state index in [1.807, 2.05) is 0 Å². The van der Waals surface area contributed by atoms with Crippen LogP contribution in [0.1, 0.15) is 24.5 Å². The van der Waals surface area contributed by atoms with Gasteiger partial charge in [-0.05, 0) is 30.5 Å². The minimum absolute atomic E-state index is 0. The maximum absolute atomic E-state index is 11.6. The summed E-state index contributed by atoms with van der Waals surface area (Å²) in [4.78, 5) is 11.6. The van der Waals surface area contributed by atoms with Crippen molar-refractivity contribution in [3.05, 3.63) is 29.8 Å². The van der Waals surface area contributed by atoms with Crippen LogP contribution in [0.3, 0.4) is 0 Å². The monoisotopic (exact) mass is 286 g/mol. The Balaban J connectivity index is 0.00000180. The van der Waals surface area contributed by atoms with Crippen molar-refractivity contribution in [3.63, 3.8) is 0 Å². The van der Waals surface area contributed by atoms with Gasteiger partial charge >= 0.3 is 0 Å². The highest BCUT2D eigenvalue weighted by Gasteiger charge is 2.45. The predicted octanol–water partition coefficient (Wildman–Crippen LogP) is 0.758. The number of nitrogens with two attached hydrogens (primary N) is 1. The molecule has 4 N–H and O–H groups in total. The number of methoxy groups -OCH3 is 1. The largest absolute Gasteiger partial charge is 0.497 e. The zero-order valence-corrected chi connectivity index (χ0v) is 11.6. The molecule has 106 valence electrons. The third-order valence-corrected chi connectivity index (χ3v) is 3.18. The summed E-state index contributed by atoms with van der Waals surface area (Å²) in [6.45, 7) is 0.158. The Morgan fingerprint density at radius 3 is 2.84 bits per heavy atom. The number of carbonyl (C=O) groups excluding carboxylic acids is 1.